The lowest BCUT2D eigenvalue weighted by molar-refractivity contribution is 0.254. The number of pyridine rings is 1. The predicted molar refractivity (Wildman–Crippen MR) is 156 cm³/mol. The molecule has 0 aliphatic carbocycles. The van der Waals surface area contributed by atoms with Gasteiger partial charge >= 0.3 is 0 Å². The molecule has 1 N–H and O–H groups in total. The van der Waals surface area contributed by atoms with E-state index < -0.39 is 0 Å². The van der Waals surface area contributed by atoms with Crippen LogP contribution >= 0.6 is 11.6 Å². The van der Waals surface area contributed by atoms with Gasteiger partial charge in [-0.25, -0.2) is 9.97 Å². The number of rotatable bonds is 5. The van der Waals surface area contributed by atoms with Gasteiger partial charge in [0.2, 0.25) is 0 Å². The lowest BCUT2D eigenvalue weighted by Gasteiger charge is -2.28. The molecule has 10 heteroatoms. The summed E-state index contributed by atoms with van der Waals surface area (Å²) in [7, 11) is 5.89. The van der Waals surface area contributed by atoms with Crippen LogP contribution in [0.3, 0.4) is 0 Å². The van der Waals surface area contributed by atoms with E-state index in [0.29, 0.717) is 16.5 Å². The zero-order chi connectivity index (χ0) is 27.4. The first-order valence-electron chi connectivity index (χ1n) is 13.3. The number of hydrogen-bond donors (Lipinski definition) is 1. The summed E-state index contributed by atoms with van der Waals surface area (Å²) >= 11 is 6.28. The number of nitrogens with zero attached hydrogens (tertiary/aromatic N) is 7. The maximum Gasteiger partial charge on any atom is 0.261 e. The fourth-order valence-corrected chi connectivity index (χ4v) is 6.04. The van der Waals surface area contributed by atoms with Crippen LogP contribution in [-0.2, 0) is 14.1 Å². The Kier molecular flexibility index (Phi) is 6.43. The fraction of sp³-hybridized carbons (Fsp3) is 0.379. The monoisotopic (exact) mass is 544 g/mol. The molecule has 5 heterocycles. The van der Waals surface area contributed by atoms with Gasteiger partial charge in [-0.1, -0.05) is 17.7 Å². The number of piperidine rings is 1. The van der Waals surface area contributed by atoms with Gasteiger partial charge in [0.25, 0.3) is 5.56 Å². The highest BCUT2D eigenvalue weighted by Gasteiger charge is 2.26. The molecule has 1 saturated heterocycles. The normalized spacial score (nSPS) is 15.8. The van der Waals surface area contributed by atoms with Gasteiger partial charge in [-0.15, -0.1) is 0 Å². The van der Waals surface area contributed by atoms with Gasteiger partial charge in [0.1, 0.15) is 17.1 Å². The Hall–Kier alpha value is -3.69. The molecule has 0 radical (unpaired) electrons. The minimum Gasteiger partial charge on any atom is -0.377 e. The summed E-state index contributed by atoms with van der Waals surface area (Å²) in [5, 5.41) is 9.05. The largest absolute Gasteiger partial charge is 0.377 e. The van der Waals surface area contributed by atoms with Gasteiger partial charge in [0.15, 0.2) is 0 Å². The molecule has 4 aromatic heterocycles. The zero-order valence-electron chi connectivity index (χ0n) is 22.9. The molecule has 1 aliphatic heterocycles. The van der Waals surface area contributed by atoms with E-state index in [9.17, 15) is 4.79 Å². The van der Waals surface area contributed by atoms with Crippen molar-refractivity contribution in [1.29, 1.82) is 0 Å². The number of anilines is 1. The molecule has 6 rings (SSSR count). The summed E-state index contributed by atoms with van der Waals surface area (Å²) < 4.78 is 5.63. The molecule has 5 aromatic rings. The van der Waals surface area contributed by atoms with E-state index in [1.807, 2.05) is 45.7 Å². The average Bonchev–Trinajstić information content (AvgIpc) is 3.55. The molecule has 0 saturated carbocycles. The zero-order valence-corrected chi connectivity index (χ0v) is 23.7. The summed E-state index contributed by atoms with van der Waals surface area (Å²) in [5.74, 6) is 0.334. The highest BCUT2D eigenvalue weighted by Crippen LogP contribution is 2.35. The highest BCUT2D eigenvalue weighted by atomic mass is 35.5. The maximum atomic E-state index is 13.8. The van der Waals surface area contributed by atoms with Gasteiger partial charge < -0.3 is 10.2 Å². The molecule has 0 bridgehead atoms. The quantitative estimate of drug-likeness (QED) is 0.316. The number of nitrogens with one attached hydrogen (secondary N) is 1. The number of aryl methyl sites for hydroxylation is 3. The maximum absolute atomic E-state index is 13.8. The van der Waals surface area contributed by atoms with Crippen molar-refractivity contribution in [2.45, 2.75) is 38.6 Å². The third-order valence-corrected chi connectivity index (χ3v) is 8.14. The molecule has 1 atom stereocenters. The van der Waals surface area contributed by atoms with Crippen molar-refractivity contribution < 1.29 is 0 Å². The van der Waals surface area contributed by atoms with Gasteiger partial charge in [0.05, 0.1) is 40.2 Å². The number of fused-ring (bicyclic) bond motifs is 3. The van der Waals surface area contributed by atoms with Gasteiger partial charge in [0, 0.05) is 31.8 Å². The van der Waals surface area contributed by atoms with E-state index in [0.717, 1.165) is 70.9 Å². The van der Waals surface area contributed by atoms with Crippen LogP contribution in [-0.4, -0.2) is 53.8 Å². The summed E-state index contributed by atoms with van der Waals surface area (Å²) in [6, 6.07) is 7.71. The number of halogens is 1. The van der Waals surface area contributed by atoms with E-state index in [-0.39, 0.29) is 11.6 Å². The van der Waals surface area contributed by atoms with Crippen LogP contribution in [0.25, 0.3) is 27.8 Å². The molecule has 9 nitrogen and oxygen atoms in total. The van der Waals surface area contributed by atoms with Crippen LogP contribution in [0.5, 0.6) is 0 Å². The summed E-state index contributed by atoms with van der Waals surface area (Å²) in [5.41, 5.74) is 7.26. The molecule has 1 aliphatic rings. The van der Waals surface area contributed by atoms with Crippen LogP contribution in [0.4, 0.5) is 5.69 Å². The molecule has 1 fully saturated rings. The number of aromatic nitrogens is 6. The molecule has 1 unspecified atom stereocenters. The van der Waals surface area contributed by atoms with Gasteiger partial charge in [-0.2, -0.15) is 5.10 Å². The Labute approximate surface area is 232 Å². The van der Waals surface area contributed by atoms with Crippen molar-refractivity contribution in [3.63, 3.8) is 0 Å². The summed E-state index contributed by atoms with van der Waals surface area (Å²) in [6.07, 6.45) is 7.66. The minimum atomic E-state index is -0.143. The van der Waals surface area contributed by atoms with Crippen molar-refractivity contribution in [3.05, 3.63) is 75.3 Å². The highest BCUT2D eigenvalue weighted by molar-refractivity contribution is 6.29. The standard InChI is InChI=1S/C29H33ClN8O/c1-17-12-21(18(2)33-23-6-7-24(30)34-25(23)20-14-32-36(4)15-20)27-22(13-17)29(39)37(5)28-26(31-16-38(27)28)19-8-10-35(3)11-9-19/h6-7,12-16,18-19,33H,8-11H2,1-5H3. The Morgan fingerprint density at radius 2 is 1.90 bits per heavy atom. The molecule has 0 spiro atoms. The van der Waals surface area contributed by atoms with E-state index in [2.05, 4.69) is 44.7 Å². The molecule has 202 valence electrons. The Bertz CT molecular complexity index is 1760. The lowest BCUT2D eigenvalue weighted by atomic mass is 9.93. The Morgan fingerprint density at radius 1 is 1.13 bits per heavy atom. The van der Waals surface area contributed by atoms with Crippen molar-refractivity contribution in [2.75, 3.05) is 25.5 Å². The fourth-order valence-electron chi connectivity index (χ4n) is 5.89. The SMILES string of the molecule is Cc1cc(C(C)Nc2ccc(Cl)nc2-c2cnn(C)c2)c2c(c1)c(=O)n(C)c1c(C3CCN(C)CC3)ncn21. The number of benzene rings is 1. The van der Waals surface area contributed by atoms with E-state index >= 15 is 0 Å². The summed E-state index contributed by atoms with van der Waals surface area (Å²) in [4.78, 5) is 25.6. The van der Waals surface area contributed by atoms with Crippen LogP contribution in [0.2, 0.25) is 5.15 Å². The van der Waals surface area contributed by atoms with Gasteiger partial charge in [-0.3, -0.25) is 18.4 Å². The third kappa shape index (κ3) is 4.49. The smallest absolute Gasteiger partial charge is 0.261 e. The first-order chi connectivity index (χ1) is 18.7. The van der Waals surface area contributed by atoms with E-state index in [1.165, 1.54) is 0 Å². The lowest BCUT2D eigenvalue weighted by Crippen LogP contribution is -2.30. The second-order valence-electron chi connectivity index (χ2n) is 10.8. The van der Waals surface area contributed by atoms with E-state index in [4.69, 9.17) is 16.6 Å². The number of likely N-dealkylation sites (tertiary alicyclic amines) is 1. The van der Waals surface area contributed by atoms with Crippen molar-refractivity contribution in [2.24, 2.45) is 14.1 Å². The average molecular weight is 545 g/mol. The number of imidazole rings is 1. The van der Waals surface area contributed by atoms with Crippen molar-refractivity contribution in [3.8, 4) is 11.3 Å². The Balaban J connectivity index is 1.49. The topological polar surface area (TPSA) is 85.3 Å². The second-order valence-corrected chi connectivity index (χ2v) is 11.2. The van der Waals surface area contributed by atoms with Crippen LogP contribution in [0.1, 0.15) is 48.5 Å². The van der Waals surface area contributed by atoms with Crippen LogP contribution in [0, 0.1) is 6.92 Å². The first-order valence-corrected chi connectivity index (χ1v) is 13.7. The second kappa shape index (κ2) is 9.81. The Morgan fingerprint density at radius 3 is 2.62 bits per heavy atom. The molecule has 1 aromatic carbocycles. The molecular formula is C29H33ClN8O. The summed E-state index contributed by atoms with van der Waals surface area (Å²) in [6.45, 7) is 6.20. The van der Waals surface area contributed by atoms with E-state index in [1.54, 1.807) is 21.5 Å². The van der Waals surface area contributed by atoms with Crippen LogP contribution in [0.15, 0.2) is 47.8 Å². The van der Waals surface area contributed by atoms with Crippen LogP contribution < -0.4 is 10.9 Å². The minimum absolute atomic E-state index is 0.00599. The predicted octanol–water partition coefficient (Wildman–Crippen LogP) is 4.93. The van der Waals surface area contributed by atoms with Crippen molar-refractivity contribution >= 4 is 33.8 Å². The molecular weight excluding hydrogens is 512 g/mol. The number of hydrogen-bond acceptors (Lipinski definition) is 6. The molecule has 0 amide bonds. The first kappa shape index (κ1) is 25.6. The molecule has 39 heavy (non-hydrogen) atoms. The third-order valence-electron chi connectivity index (χ3n) is 7.93. The van der Waals surface area contributed by atoms with Gasteiger partial charge in [-0.05, 0) is 76.2 Å². The van der Waals surface area contributed by atoms with Crippen molar-refractivity contribution in [1.82, 2.24) is 33.6 Å².